The molecule has 0 bridgehead atoms. The molecule has 4 rings (SSSR count). The average molecular weight is 427 g/mol. The van der Waals surface area contributed by atoms with Crippen LogP contribution in [0, 0.1) is 20.8 Å². The van der Waals surface area contributed by atoms with Gasteiger partial charge in [-0.15, -0.1) is 0 Å². The lowest BCUT2D eigenvalue weighted by molar-refractivity contribution is -0.122. The fourth-order valence-corrected chi connectivity index (χ4v) is 3.98. The Balaban J connectivity index is 1.69. The van der Waals surface area contributed by atoms with E-state index in [2.05, 4.69) is 0 Å². The van der Waals surface area contributed by atoms with Crippen molar-refractivity contribution >= 4 is 23.4 Å². The van der Waals surface area contributed by atoms with Crippen molar-refractivity contribution in [2.24, 2.45) is 0 Å². The summed E-state index contributed by atoms with van der Waals surface area (Å²) < 4.78 is 0. The quantitative estimate of drug-likeness (QED) is 0.561. The number of hydrogen-bond acceptors (Lipinski definition) is 3. The number of amides is 3. The molecule has 1 saturated heterocycles. The summed E-state index contributed by atoms with van der Waals surface area (Å²) in [7, 11) is 0. The summed E-state index contributed by atoms with van der Waals surface area (Å²) in [5.74, 6) is -0.923. The number of imide groups is 1. The van der Waals surface area contributed by atoms with Crippen molar-refractivity contribution in [1.29, 1.82) is 0 Å². The van der Waals surface area contributed by atoms with Crippen molar-refractivity contribution < 1.29 is 14.4 Å². The summed E-state index contributed by atoms with van der Waals surface area (Å²) in [6, 6.07) is 21.6. The van der Waals surface area contributed by atoms with Crippen LogP contribution in [0.1, 0.15) is 39.0 Å². The van der Waals surface area contributed by atoms with E-state index in [0.29, 0.717) is 11.3 Å². The van der Waals surface area contributed by atoms with Gasteiger partial charge in [-0.2, -0.15) is 0 Å². The first-order valence-electron chi connectivity index (χ1n) is 10.7. The largest absolute Gasteiger partial charge is 0.322 e. The maximum absolute atomic E-state index is 13.5. The molecule has 5 heteroatoms. The number of aryl methyl sites for hydroxylation is 3. The Kier molecular flexibility index (Phi) is 5.91. The van der Waals surface area contributed by atoms with E-state index in [9.17, 15) is 14.4 Å². The molecule has 0 N–H and O–H groups in total. The van der Waals surface area contributed by atoms with Gasteiger partial charge >= 0.3 is 0 Å². The van der Waals surface area contributed by atoms with Gasteiger partial charge in [0.25, 0.3) is 11.8 Å². The summed E-state index contributed by atoms with van der Waals surface area (Å²) >= 11 is 0. The Morgan fingerprint density at radius 1 is 0.875 bits per heavy atom. The lowest BCUT2D eigenvalue weighted by Gasteiger charge is -2.28. The van der Waals surface area contributed by atoms with Gasteiger partial charge in [0.15, 0.2) is 0 Å². The molecule has 0 saturated carbocycles. The summed E-state index contributed by atoms with van der Waals surface area (Å²) in [4.78, 5) is 42.5. The summed E-state index contributed by atoms with van der Waals surface area (Å²) in [5.41, 5.74) is 5.06. The first-order valence-corrected chi connectivity index (χ1v) is 10.7. The van der Waals surface area contributed by atoms with Gasteiger partial charge in [-0.05, 0) is 50.6 Å². The number of nitrogens with zero attached hydrogens (tertiary/aromatic N) is 2. The van der Waals surface area contributed by atoms with Gasteiger partial charge in [-0.25, -0.2) is 4.90 Å². The van der Waals surface area contributed by atoms with E-state index in [-0.39, 0.29) is 30.7 Å². The summed E-state index contributed by atoms with van der Waals surface area (Å²) in [5, 5.41) is 0. The van der Waals surface area contributed by atoms with Crippen LogP contribution in [0.2, 0.25) is 0 Å². The molecule has 0 aromatic heterocycles. The highest BCUT2D eigenvalue weighted by Crippen LogP contribution is 2.28. The first-order chi connectivity index (χ1) is 15.3. The van der Waals surface area contributed by atoms with Crippen LogP contribution in [0.15, 0.2) is 72.8 Å². The molecule has 1 fully saturated rings. The molecule has 3 amide bonds. The van der Waals surface area contributed by atoms with Crippen LogP contribution in [0.25, 0.3) is 0 Å². The Labute approximate surface area is 188 Å². The number of carbonyl (C=O) groups is 3. The topological polar surface area (TPSA) is 57.7 Å². The lowest BCUT2D eigenvalue weighted by Crippen LogP contribution is -2.45. The van der Waals surface area contributed by atoms with E-state index < -0.39 is 6.04 Å². The first kappa shape index (κ1) is 21.5. The second-order valence-corrected chi connectivity index (χ2v) is 8.41. The highest BCUT2D eigenvalue weighted by Gasteiger charge is 2.44. The van der Waals surface area contributed by atoms with E-state index in [1.165, 1.54) is 9.80 Å². The highest BCUT2D eigenvalue weighted by atomic mass is 16.2. The molecule has 5 nitrogen and oxygen atoms in total. The van der Waals surface area contributed by atoms with Gasteiger partial charge in [-0.1, -0.05) is 65.2 Å². The van der Waals surface area contributed by atoms with Crippen LogP contribution in [-0.2, 0) is 16.1 Å². The zero-order valence-electron chi connectivity index (χ0n) is 18.5. The molecule has 1 unspecified atom stereocenters. The number of benzene rings is 3. The Morgan fingerprint density at radius 2 is 1.50 bits per heavy atom. The van der Waals surface area contributed by atoms with Crippen LogP contribution < -0.4 is 4.90 Å². The molecule has 162 valence electrons. The Hall–Kier alpha value is -3.73. The zero-order chi connectivity index (χ0) is 22.8. The fourth-order valence-electron chi connectivity index (χ4n) is 3.98. The standard InChI is InChI=1S/C27H26N2O3/c1-18-7-11-21(12-8-18)17-28(26(31)22-6-4-5-20(3)15-22)24-16-25(30)29(27(24)32)23-13-9-19(2)10-14-23/h4-15,24H,16-17H2,1-3H3. The van der Waals surface area contributed by atoms with E-state index in [1.807, 2.05) is 75.4 Å². The number of rotatable bonds is 5. The highest BCUT2D eigenvalue weighted by molar-refractivity contribution is 6.23. The molecule has 0 radical (unpaired) electrons. The monoisotopic (exact) mass is 426 g/mol. The maximum Gasteiger partial charge on any atom is 0.257 e. The molecule has 0 aliphatic carbocycles. The van der Waals surface area contributed by atoms with E-state index in [0.717, 1.165) is 22.3 Å². The van der Waals surface area contributed by atoms with E-state index in [1.54, 1.807) is 18.2 Å². The molecular formula is C27H26N2O3. The van der Waals surface area contributed by atoms with Crippen molar-refractivity contribution in [3.63, 3.8) is 0 Å². The molecule has 3 aromatic carbocycles. The van der Waals surface area contributed by atoms with Gasteiger partial charge in [0, 0.05) is 12.1 Å². The van der Waals surface area contributed by atoms with Gasteiger partial charge in [-0.3, -0.25) is 14.4 Å². The minimum Gasteiger partial charge on any atom is -0.322 e. The molecular weight excluding hydrogens is 400 g/mol. The zero-order valence-corrected chi connectivity index (χ0v) is 18.5. The Bertz CT molecular complexity index is 1170. The molecule has 1 atom stereocenters. The normalized spacial score (nSPS) is 15.8. The predicted molar refractivity (Wildman–Crippen MR) is 124 cm³/mol. The molecule has 3 aromatic rings. The van der Waals surface area contributed by atoms with Crippen molar-refractivity contribution in [2.45, 2.75) is 39.8 Å². The van der Waals surface area contributed by atoms with Crippen LogP contribution >= 0.6 is 0 Å². The molecule has 0 spiro atoms. The van der Waals surface area contributed by atoms with Gasteiger partial charge < -0.3 is 4.90 Å². The van der Waals surface area contributed by atoms with Crippen LogP contribution in [0.4, 0.5) is 5.69 Å². The second kappa shape index (κ2) is 8.79. The fraction of sp³-hybridized carbons (Fsp3) is 0.222. The van der Waals surface area contributed by atoms with Gasteiger partial charge in [0.1, 0.15) is 6.04 Å². The van der Waals surface area contributed by atoms with Crippen molar-refractivity contribution in [2.75, 3.05) is 4.90 Å². The summed E-state index contributed by atoms with van der Waals surface area (Å²) in [6.45, 7) is 6.12. The number of hydrogen-bond donors (Lipinski definition) is 0. The van der Waals surface area contributed by atoms with Gasteiger partial charge in [0.2, 0.25) is 5.91 Å². The van der Waals surface area contributed by atoms with Crippen LogP contribution in [0.5, 0.6) is 0 Å². The average Bonchev–Trinajstić information content (AvgIpc) is 3.07. The third-order valence-electron chi connectivity index (χ3n) is 5.79. The van der Waals surface area contributed by atoms with Crippen molar-refractivity contribution in [3.05, 3.63) is 101 Å². The SMILES string of the molecule is Cc1ccc(CN(C(=O)c2cccc(C)c2)C2CC(=O)N(c3ccc(C)cc3)C2=O)cc1. The summed E-state index contributed by atoms with van der Waals surface area (Å²) in [6.07, 6.45) is -0.0316. The van der Waals surface area contributed by atoms with Crippen molar-refractivity contribution in [1.82, 2.24) is 4.90 Å². The Morgan fingerprint density at radius 3 is 2.12 bits per heavy atom. The second-order valence-electron chi connectivity index (χ2n) is 8.41. The molecule has 32 heavy (non-hydrogen) atoms. The van der Waals surface area contributed by atoms with Crippen LogP contribution in [0.3, 0.4) is 0 Å². The molecule has 1 aliphatic rings. The van der Waals surface area contributed by atoms with Crippen LogP contribution in [-0.4, -0.2) is 28.7 Å². The van der Waals surface area contributed by atoms with Gasteiger partial charge in [0.05, 0.1) is 12.1 Å². The smallest absolute Gasteiger partial charge is 0.257 e. The number of carbonyl (C=O) groups excluding carboxylic acids is 3. The third kappa shape index (κ3) is 4.33. The third-order valence-corrected chi connectivity index (χ3v) is 5.79. The minimum atomic E-state index is -0.849. The maximum atomic E-state index is 13.5. The minimum absolute atomic E-state index is 0.0316. The predicted octanol–water partition coefficient (Wildman–Crippen LogP) is 4.59. The lowest BCUT2D eigenvalue weighted by atomic mass is 10.1. The van der Waals surface area contributed by atoms with Crippen molar-refractivity contribution in [3.8, 4) is 0 Å². The van der Waals surface area contributed by atoms with E-state index in [4.69, 9.17) is 0 Å². The molecule has 1 heterocycles. The number of anilines is 1. The molecule has 1 aliphatic heterocycles. The van der Waals surface area contributed by atoms with E-state index >= 15 is 0 Å².